The third-order valence-corrected chi connectivity index (χ3v) is 16.8. The summed E-state index contributed by atoms with van der Waals surface area (Å²) in [6, 6.07) is 0. The first-order chi connectivity index (χ1) is 39.6. The van der Waals surface area contributed by atoms with E-state index in [4.69, 9.17) is 37.0 Å². The Labute approximate surface area is 498 Å². The van der Waals surface area contributed by atoms with E-state index >= 15 is 0 Å². The van der Waals surface area contributed by atoms with E-state index in [1.165, 1.54) is 128 Å². The molecule has 0 aliphatic heterocycles. The lowest BCUT2D eigenvalue weighted by molar-refractivity contribution is -0.161. The minimum Gasteiger partial charge on any atom is -0.462 e. The Bertz CT molecular complexity index is 1600. The van der Waals surface area contributed by atoms with Gasteiger partial charge >= 0.3 is 39.5 Å². The summed E-state index contributed by atoms with van der Waals surface area (Å²) >= 11 is 0. The molecule has 0 aromatic rings. The Kier molecular flexibility index (Phi) is 55.5. The molecule has 17 nitrogen and oxygen atoms in total. The van der Waals surface area contributed by atoms with Gasteiger partial charge in [-0.25, -0.2) is 9.13 Å². The van der Waals surface area contributed by atoms with Gasteiger partial charge in [0.25, 0.3) is 0 Å². The number of carbonyl (C=O) groups is 4. The number of rotatable bonds is 63. The van der Waals surface area contributed by atoms with Crippen LogP contribution >= 0.6 is 15.6 Å². The molecule has 0 aliphatic rings. The number of aliphatic hydroxyl groups excluding tert-OH is 1. The zero-order valence-electron chi connectivity index (χ0n) is 52.6. The van der Waals surface area contributed by atoms with Gasteiger partial charge in [0, 0.05) is 25.7 Å². The van der Waals surface area contributed by atoms with Crippen molar-refractivity contribution in [3.05, 3.63) is 0 Å². The molecular weight excluding hydrogens is 1090 g/mol. The van der Waals surface area contributed by atoms with E-state index in [2.05, 4.69) is 34.6 Å². The van der Waals surface area contributed by atoms with E-state index < -0.39 is 97.5 Å². The highest BCUT2D eigenvalue weighted by Gasteiger charge is 2.30. The molecule has 0 radical (unpaired) electrons. The van der Waals surface area contributed by atoms with E-state index in [9.17, 15) is 43.2 Å². The molecule has 0 aliphatic carbocycles. The number of unbranched alkanes of at least 4 members (excludes halogenated alkanes) is 34. The van der Waals surface area contributed by atoms with Crippen molar-refractivity contribution in [2.45, 2.75) is 335 Å². The third kappa shape index (κ3) is 55.9. The van der Waals surface area contributed by atoms with Crippen molar-refractivity contribution < 1.29 is 80.2 Å². The maximum atomic E-state index is 13.0. The number of phosphoric acid groups is 2. The van der Waals surface area contributed by atoms with E-state index in [0.717, 1.165) is 109 Å². The molecule has 19 heteroatoms. The number of hydrogen-bond donors (Lipinski definition) is 3. The standard InChI is InChI=1S/C63H122O17P2/c1-6-10-13-16-18-20-21-22-23-24-25-30-34-39-44-49-63(68)80-59(53-74-61(66)47-42-37-33-29-27-26-28-31-36-40-45-56(5)9-4)55-78-82(71,72)76-51-57(64)50-75-81(69,70)77-54-58(52-73-60(65)46-41-35-15-12-8-3)79-62(67)48-43-38-32-19-17-14-11-7-2/h56-59,64H,6-55H2,1-5H3,(H,69,70)(H,71,72)/t56?,57-,58+,59+/m0/s1. The van der Waals surface area contributed by atoms with Crippen LogP contribution in [0, 0.1) is 5.92 Å². The number of ether oxygens (including phenoxy) is 4. The summed E-state index contributed by atoms with van der Waals surface area (Å²) in [5.41, 5.74) is 0. The van der Waals surface area contributed by atoms with Crippen LogP contribution in [0.3, 0.4) is 0 Å². The summed E-state index contributed by atoms with van der Waals surface area (Å²) in [7, 11) is -9.87. The van der Waals surface area contributed by atoms with Crippen molar-refractivity contribution in [3.63, 3.8) is 0 Å². The van der Waals surface area contributed by atoms with E-state index in [1.807, 2.05) is 0 Å². The molecule has 0 aromatic carbocycles. The zero-order valence-corrected chi connectivity index (χ0v) is 54.4. The van der Waals surface area contributed by atoms with Crippen molar-refractivity contribution in [2.75, 3.05) is 39.6 Å². The second-order valence-corrected chi connectivity index (χ2v) is 25.9. The molecule has 0 rings (SSSR count). The largest absolute Gasteiger partial charge is 0.472 e. The molecular formula is C63H122O17P2. The Morgan fingerprint density at radius 1 is 0.341 bits per heavy atom. The van der Waals surface area contributed by atoms with Gasteiger partial charge in [0.1, 0.15) is 19.3 Å². The van der Waals surface area contributed by atoms with Crippen LogP contribution in [-0.2, 0) is 65.4 Å². The number of carbonyl (C=O) groups excluding carboxylic acids is 4. The van der Waals surface area contributed by atoms with Gasteiger partial charge in [-0.3, -0.25) is 37.3 Å². The van der Waals surface area contributed by atoms with Crippen molar-refractivity contribution in [2.24, 2.45) is 5.92 Å². The predicted octanol–water partition coefficient (Wildman–Crippen LogP) is 17.4. The fraction of sp³-hybridized carbons (Fsp3) is 0.937. The fourth-order valence-electron chi connectivity index (χ4n) is 9.37. The van der Waals surface area contributed by atoms with Gasteiger partial charge in [-0.05, 0) is 31.6 Å². The highest BCUT2D eigenvalue weighted by molar-refractivity contribution is 7.47. The smallest absolute Gasteiger partial charge is 0.462 e. The van der Waals surface area contributed by atoms with Gasteiger partial charge in [0.05, 0.1) is 26.4 Å². The monoisotopic (exact) mass is 1210 g/mol. The molecule has 3 N–H and O–H groups in total. The molecule has 0 aromatic heterocycles. The Balaban J connectivity index is 5.16. The Hall–Kier alpha value is -1.94. The third-order valence-electron chi connectivity index (χ3n) is 14.9. The molecule has 486 valence electrons. The molecule has 0 saturated heterocycles. The topological polar surface area (TPSA) is 237 Å². The minimum atomic E-state index is -4.94. The number of esters is 4. The van der Waals surface area contributed by atoms with Gasteiger partial charge in [-0.15, -0.1) is 0 Å². The summed E-state index contributed by atoms with van der Waals surface area (Å²) in [5, 5.41) is 10.5. The van der Waals surface area contributed by atoms with E-state index in [-0.39, 0.29) is 25.7 Å². The lowest BCUT2D eigenvalue weighted by atomic mass is 9.99. The molecule has 0 bridgehead atoms. The van der Waals surface area contributed by atoms with Gasteiger partial charge < -0.3 is 33.8 Å². The van der Waals surface area contributed by atoms with Gasteiger partial charge in [0.2, 0.25) is 0 Å². The zero-order chi connectivity index (χ0) is 60.6. The van der Waals surface area contributed by atoms with E-state index in [0.29, 0.717) is 25.7 Å². The molecule has 3 unspecified atom stereocenters. The van der Waals surface area contributed by atoms with Crippen LogP contribution in [0.15, 0.2) is 0 Å². The minimum absolute atomic E-state index is 0.104. The Morgan fingerprint density at radius 2 is 0.585 bits per heavy atom. The predicted molar refractivity (Wildman–Crippen MR) is 326 cm³/mol. The molecule has 0 saturated carbocycles. The first kappa shape index (κ1) is 80.1. The number of aliphatic hydroxyl groups is 1. The molecule has 0 amide bonds. The van der Waals surface area contributed by atoms with Crippen molar-refractivity contribution in [3.8, 4) is 0 Å². The lowest BCUT2D eigenvalue weighted by Crippen LogP contribution is -2.30. The number of phosphoric ester groups is 2. The lowest BCUT2D eigenvalue weighted by Gasteiger charge is -2.21. The average molecular weight is 1210 g/mol. The summed E-state index contributed by atoms with van der Waals surface area (Å²) in [5.74, 6) is -1.34. The highest BCUT2D eigenvalue weighted by atomic mass is 31.2. The van der Waals surface area contributed by atoms with Crippen LogP contribution in [-0.4, -0.2) is 96.7 Å². The quantitative estimate of drug-likeness (QED) is 0.0222. The van der Waals surface area contributed by atoms with Crippen LogP contribution in [0.25, 0.3) is 0 Å². The molecule has 82 heavy (non-hydrogen) atoms. The van der Waals surface area contributed by atoms with Crippen LogP contribution in [0.5, 0.6) is 0 Å². The summed E-state index contributed by atoms with van der Waals surface area (Å²) in [6.45, 7) is 7.11. The normalized spacial score (nSPS) is 14.6. The molecule has 6 atom stereocenters. The van der Waals surface area contributed by atoms with Crippen molar-refractivity contribution in [1.29, 1.82) is 0 Å². The maximum Gasteiger partial charge on any atom is 0.472 e. The molecule has 0 fully saturated rings. The van der Waals surface area contributed by atoms with Crippen molar-refractivity contribution in [1.82, 2.24) is 0 Å². The van der Waals surface area contributed by atoms with Gasteiger partial charge in [-0.2, -0.15) is 0 Å². The van der Waals surface area contributed by atoms with Crippen LogP contribution in [0.1, 0.15) is 317 Å². The summed E-state index contributed by atoms with van der Waals surface area (Å²) in [6.07, 6.45) is 40.6. The highest BCUT2D eigenvalue weighted by Crippen LogP contribution is 2.45. The van der Waals surface area contributed by atoms with Crippen LogP contribution < -0.4 is 0 Å². The van der Waals surface area contributed by atoms with Crippen molar-refractivity contribution >= 4 is 39.5 Å². The van der Waals surface area contributed by atoms with Crippen LogP contribution in [0.4, 0.5) is 0 Å². The van der Waals surface area contributed by atoms with Gasteiger partial charge in [0.15, 0.2) is 12.2 Å². The SMILES string of the molecule is CCCCCCCCCCCCCCCCCC(=O)O[C@H](COC(=O)CCCCCCCCCCCCC(C)CC)COP(=O)(O)OC[C@@H](O)COP(=O)(O)OC[C@@H](COC(=O)CCCCCCC)OC(=O)CCCCCCCCCC. The molecule has 0 spiro atoms. The summed E-state index contributed by atoms with van der Waals surface area (Å²) in [4.78, 5) is 71.9. The second-order valence-electron chi connectivity index (χ2n) is 23.0. The average Bonchev–Trinajstić information content (AvgIpc) is 3.45. The van der Waals surface area contributed by atoms with Crippen LogP contribution in [0.2, 0.25) is 0 Å². The number of hydrogen-bond acceptors (Lipinski definition) is 15. The Morgan fingerprint density at radius 3 is 0.866 bits per heavy atom. The molecule has 0 heterocycles. The van der Waals surface area contributed by atoms with Gasteiger partial charge in [-0.1, -0.05) is 266 Å². The summed E-state index contributed by atoms with van der Waals surface area (Å²) < 4.78 is 67.7. The maximum absolute atomic E-state index is 13.0. The fourth-order valence-corrected chi connectivity index (χ4v) is 11.0. The second kappa shape index (κ2) is 56.8. The van der Waals surface area contributed by atoms with E-state index in [1.54, 1.807) is 0 Å². The first-order valence-corrected chi connectivity index (χ1v) is 36.2. The first-order valence-electron chi connectivity index (χ1n) is 33.2.